The maximum absolute atomic E-state index is 13.4. The molecular weight excluding hydrogens is 333 g/mol. The lowest BCUT2D eigenvalue weighted by Gasteiger charge is -2.11. The average molecular weight is 355 g/mol. The van der Waals surface area contributed by atoms with Crippen molar-refractivity contribution in [1.29, 1.82) is 0 Å². The molecule has 0 atom stereocenters. The van der Waals surface area contributed by atoms with Gasteiger partial charge in [-0.2, -0.15) is 4.98 Å². The van der Waals surface area contributed by atoms with E-state index in [-0.39, 0.29) is 5.82 Å². The third kappa shape index (κ3) is 4.36. The summed E-state index contributed by atoms with van der Waals surface area (Å²) in [5, 5.41) is 10.4. The van der Waals surface area contributed by atoms with Gasteiger partial charge in [-0.3, -0.25) is 0 Å². The number of nitrogens with zero attached hydrogens (tertiary/aromatic N) is 3. The number of anilines is 3. The Morgan fingerprint density at radius 2 is 2.04 bits per heavy atom. The number of hydrogen-bond acceptors (Lipinski definition) is 6. The summed E-state index contributed by atoms with van der Waals surface area (Å²) < 4.78 is 18.8. The molecule has 1 aromatic carbocycles. The number of nitrogens with one attached hydrogen (secondary N) is 2. The topological polar surface area (TPSA) is 75.9 Å². The van der Waals surface area contributed by atoms with E-state index in [1.54, 1.807) is 18.3 Å². The van der Waals surface area contributed by atoms with Crippen LogP contribution in [0.25, 0.3) is 11.3 Å². The van der Waals surface area contributed by atoms with Crippen molar-refractivity contribution in [3.8, 4) is 11.3 Å². The number of rotatable bonds is 8. The van der Waals surface area contributed by atoms with Crippen molar-refractivity contribution in [3.63, 3.8) is 0 Å². The Bertz CT molecular complexity index is 865. The van der Waals surface area contributed by atoms with Gasteiger partial charge in [0.2, 0.25) is 5.95 Å². The molecule has 2 N–H and O–H groups in total. The molecule has 136 valence electrons. The molecule has 2 aromatic heterocycles. The predicted octanol–water partition coefficient (Wildman–Crippen LogP) is 4.79. The van der Waals surface area contributed by atoms with Crippen molar-refractivity contribution in [2.24, 2.45) is 0 Å². The van der Waals surface area contributed by atoms with Gasteiger partial charge in [-0.05, 0) is 31.0 Å². The normalized spacial score (nSPS) is 10.7. The lowest BCUT2D eigenvalue weighted by molar-refractivity contribution is 0.423. The molecule has 6 nitrogen and oxygen atoms in total. The smallest absolute Gasteiger partial charge is 0.229 e. The third-order valence-electron chi connectivity index (χ3n) is 3.74. The number of hydrogen-bond donors (Lipinski definition) is 2. The fourth-order valence-corrected chi connectivity index (χ4v) is 2.51. The summed E-state index contributed by atoms with van der Waals surface area (Å²) in [6, 6.07) is 8.09. The molecule has 0 aliphatic carbocycles. The van der Waals surface area contributed by atoms with Gasteiger partial charge < -0.3 is 15.2 Å². The van der Waals surface area contributed by atoms with Crippen molar-refractivity contribution in [3.05, 3.63) is 48.0 Å². The number of aromatic nitrogens is 3. The molecule has 0 fully saturated rings. The summed E-state index contributed by atoms with van der Waals surface area (Å²) in [4.78, 5) is 8.85. The fourth-order valence-electron chi connectivity index (χ4n) is 2.51. The quantitative estimate of drug-likeness (QED) is 0.605. The van der Waals surface area contributed by atoms with E-state index < -0.39 is 0 Å². The van der Waals surface area contributed by atoms with Crippen molar-refractivity contribution in [2.75, 3.05) is 17.2 Å². The molecule has 3 rings (SSSR count). The van der Waals surface area contributed by atoms with E-state index in [9.17, 15) is 4.39 Å². The molecule has 0 amide bonds. The molecule has 3 aromatic rings. The van der Waals surface area contributed by atoms with E-state index >= 15 is 0 Å². The van der Waals surface area contributed by atoms with Crippen LogP contribution in [-0.2, 0) is 6.42 Å². The maximum atomic E-state index is 13.4. The Kier molecular flexibility index (Phi) is 5.78. The van der Waals surface area contributed by atoms with Gasteiger partial charge in [0, 0.05) is 24.5 Å². The third-order valence-corrected chi connectivity index (χ3v) is 3.74. The van der Waals surface area contributed by atoms with E-state index in [2.05, 4.69) is 39.6 Å². The first-order valence-corrected chi connectivity index (χ1v) is 8.79. The van der Waals surface area contributed by atoms with Crippen molar-refractivity contribution < 1.29 is 8.91 Å². The van der Waals surface area contributed by atoms with Crippen LogP contribution in [0.3, 0.4) is 0 Å². The molecule has 0 saturated heterocycles. The zero-order valence-corrected chi connectivity index (χ0v) is 14.9. The van der Waals surface area contributed by atoms with Gasteiger partial charge in [0.05, 0.1) is 11.3 Å². The Morgan fingerprint density at radius 3 is 2.81 bits per heavy atom. The van der Waals surface area contributed by atoms with E-state index in [0.29, 0.717) is 23.2 Å². The zero-order chi connectivity index (χ0) is 18.4. The molecule has 0 bridgehead atoms. The summed E-state index contributed by atoms with van der Waals surface area (Å²) in [5.41, 5.74) is 2.24. The van der Waals surface area contributed by atoms with Crippen LogP contribution in [0, 0.1) is 5.82 Å². The summed E-state index contributed by atoms with van der Waals surface area (Å²) in [7, 11) is 0. The van der Waals surface area contributed by atoms with Gasteiger partial charge in [-0.1, -0.05) is 31.5 Å². The minimum Gasteiger partial charge on any atom is -0.369 e. The highest BCUT2D eigenvalue weighted by atomic mass is 19.1. The zero-order valence-electron chi connectivity index (χ0n) is 14.9. The minimum atomic E-state index is -0.318. The number of aryl methyl sites for hydroxylation is 1. The Balaban J connectivity index is 1.89. The van der Waals surface area contributed by atoms with Gasteiger partial charge >= 0.3 is 0 Å². The van der Waals surface area contributed by atoms with Crippen LogP contribution in [-0.4, -0.2) is 21.7 Å². The first-order valence-electron chi connectivity index (χ1n) is 8.79. The molecule has 26 heavy (non-hydrogen) atoms. The van der Waals surface area contributed by atoms with Crippen molar-refractivity contribution >= 4 is 17.5 Å². The fraction of sp³-hybridized carbons (Fsp3) is 0.316. The van der Waals surface area contributed by atoms with Gasteiger partial charge in [-0.15, -0.1) is 0 Å². The highest BCUT2D eigenvalue weighted by Gasteiger charge is 2.14. The highest BCUT2D eigenvalue weighted by molar-refractivity contribution is 5.72. The Hall–Kier alpha value is -2.96. The van der Waals surface area contributed by atoms with Crippen LogP contribution >= 0.6 is 0 Å². The van der Waals surface area contributed by atoms with Gasteiger partial charge in [0.15, 0.2) is 5.76 Å². The Morgan fingerprint density at radius 1 is 1.15 bits per heavy atom. The van der Waals surface area contributed by atoms with Gasteiger partial charge in [-0.25, -0.2) is 9.37 Å². The standard InChI is InChI=1S/C19H22FN5O/c1-3-6-15-11-17(26-25-15)16-12-22-19(24-18(16)21-9-4-2)23-14-8-5-7-13(20)10-14/h5,7-8,10-12H,3-4,6,9H2,1-2H3,(H2,21,22,23,24). The molecule has 7 heteroatoms. The van der Waals surface area contributed by atoms with Crippen LogP contribution in [0.15, 0.2) is 41.1 Å². The molecule has 0 aliphatic rings. The first kappa shape index (κ1) is 17.8. The van der Waals surface area contributed by atoms with Crippen LogP contribution in [0.2, 0.25) is 0 Å². The second-order valence-electron chi connectivity index (χ2n) is 5.95. The summed E-state index contributed by atoms with van der Waals surface area (Å²) >= 11 is 0. The molecule has 0 spiro atoms. The van der Waals surface area contributed by atoms with Gasteiger partial charge in [0.1, 0.15) is 11.6 Å². The first-order chi connectivity index (χ1) is 12.7. The lowest BCUT2D eigenvalue weighted by Crippen LogP contribution is -2.06. The van der Waals surface area contributed by atoms with E-state index in [0.717, 1.165) is 37.1 Å². The molecule has 0 radical (unpaired) electrons. The summed E-state index contributed by atoms with van der Waals surface area (Å²) in [6.45, 7) is 4.94. The van der Waals surface area contributed by atoms with Crippen LogP contribution in [0.4, 0.5) is 21.8 Å². The predicted molar refractivity (Wildman–Crippen MR) is 100.0 cm³/mol. The second-order valence-corrected chi connectivity index (χ2v) is 5.95. The average Bonchev–Trinajstić information content (AvgIpc) is 3.09. The second kappa shape index (κ2) is 8.42. The van der Waals surface area contributed by atoms with Crippen molar-refractivity contribution in [1.82, 2.24) is 15.1 Å². The Labute approximate surface area is 151 Å². The van der Waals surface area contributed by atoms with E-state index in [1.165, 1.54) is 12.1 Å². The van der Waals surface area contributed by atoms with Crippen LogP contribution in [0.1, 0.15) is 32.4 Å². The van der Waals surface area contributed by atoms with E-state index in [4.69, 9.17) is 4.52 Å². The van der Waals surface area contributed by atoms with E-state index in [1.807, 2.05) is 6.07 Å². The number of halogens is 1. The summed E-state index contributed by atoms with van der Waals surface area (Å²) in [6.07, 6.45) is 4.50. The SMILES string of the molecule is CCCNc1nc(Nc2cccc(F)c2)ncc1-c1cc(CCC)no1. The monoisotopic (exact) mass is 355 g/mol. The minimum absolute atomic E-state index is 0.318. The molecule has 0 saturated carbocycles. The highest BCUT2D eigenvalue weighted by Crippen LogP contribution is 2.28. The lowest BCUT2D eigenvalue weighted by atomic mass is 10.2. The van der Waals surface area contributed by atoms with Gasteiger partial charge in [0.25, 0.3) is 0 Å². The van der Waals surface area contributed by atoms with Crippen molar-refractivity contribution in [2.45, 2.75) is 33.1 Å². The summed E-state index contributed by atoms with van der Waals surface area (Å²) in [5.74, 6) is 1.34. The number of benzene rings is 1. The molecule has 0 unspecified atom stereocenters. The maximum Gasteiger partial charge on any atom is 0.229 e. The molecular formula is C19H22FN5O. The van der Waals surface area contributed by atoms with Crippen LogP contribution < -0.4 is 10.6 Å². The largest absolute Gasteiger partial charge is 0.369 e. The van der Waals surface area contributed by atoms with Crippen LogP contribution in [0.5, 0.6) is 0 Å². The molecule has 2 heterocycles. The molecule has 0 aliphatic heterocycles.